The van der Waals surface area contributed by atoms with Crippen LogP contribution in [-0.2, 0) is 38.5 Å². The lowest BCUT2D eigenvalue weighted by atomic mass is 10.0. The van der Waals surface area contributed by atoms with Gasteiger partial charge in [-0.05, 0) is 28.8 Å². The standard InChI is InChI=1S/C24H31NO5/c1-17(2)23(26)25-22(24(27)29-4)15-19-9-11-21(12-10-19)30-14-13-18-5-7-20(8-6-18)16-28-3/h5-12,17,22H,13-16H2,1-4H3,(H,25,26)/t22-/m0/s1. The molecule has 162 valence electrons. The van der Waals surface area contributed by atoms with Crippen molar-refractivity contribution in [2.45, 2.75) is 39.3 Å². The molecule has 0 spiro atoms. The molecule has 1 atom stereocenters. The molecule has 0 unspecified atom stereocenters. The van der Waals surface area contributed by atoms with Crippen molar-refractivity contribution < 1.29 is 23.8 Å². The molecule has 0 fully saturated rings. The van der Waals surface area contributed by atoms with Crippen molar-refractivity contribution in [1.29, 1.82) is 0 Å². The third-order valence-corrected chi connectivity index (χ3v) is 4.68. The van der Waals surface area contributed by atoms with Gasteiger partial charge in [0.2, 0.25) is 5.91 Å². The summed E-state index contributed by atoms with van der Waals surface area (Å²) in [6.07, 6.45) is 1.17. The molecule has 0 saturated heterocycles. The molecule has 0 radical (unpaired) electrons. The molecule has 0 aliphatic rings. The Labute approximate surface area is 178 Å². The summed E-state index contributed by atoms with van der Waals surface area (Å²) in [5.74, 6) is -0.0823. The number of rotatable bonds is 11. The Balaban J connectivity index is 1.87. The van der Waals surface area contributed by atoms with Gasteiger partial charge >= 0.3 is 5.97 Å². The minimum atomic E-state index is -0.710. The summed E-state index contributed by atoms with van der Waals surface area (Å²) in [4.78, 5) is 24.0. The molecule has 2 rings (SSSR count). The number of carbonyl (C=O) groups is 2. The van der Waals surface area contributed by atoms with Crippen molar-refractivity contribution in [3.8, 4) is 5.75 Å². The minimum absolute atomic E-state index is 0.180. The van der Waals surface area contributed by atoms with Crippen LogP contribution in [0.15, 0.2) is 48.5 Å². The summed E-state index contributed by atoms with van der Waals surface area (Å²) in [6.45, 7) is 4.74. The van der Waals surface area contributed by atoms with Gasteiger partial charge in [0.15, 0.2) is 0 Å². The van der Waals surface area contributed by atoms with Crippen LogP contribution in [-0.4, -0.2) is 38.7 Å². The van der Waals surface area contributed by atoms with Crippen molar-refractivity contribution in [2.75, 3.05) is 20.8 Å². The number of hydrogen-bond acceptors (Lipinski definition) is 5. The molecule has 2 aromatic carbocycles. The van der Waals surface area contributed by atoms with E-state index in [9.17, 15) is 9.59 Å². The first-order valence-electron chi connectivity index (χ1n) is 10.1. The van der Waals surface area contributed by atoms with Gasteiger partial charge in [-0.15, -0.1) is 0 Å². The van der Waals surface area contributed by atoms with Gasteiger partial charge in [0.25, 0.3) is 0 Å². The van der Waals surface area contributed by atoms with E-state index < -0.39 is 12.0 Å². The van der Waals surface area contributed by atoms with Crippen molar-refractivity contribution in [2.24, 2.45) is 5.92 Å². The summed E-state index contributed by atoms with van der Waals surface area (Å²) in [5, 5.41) is 2.74. The molecule has 6 nitrogen and oxygen atoms in total. The number of ether oxygens (including phenoxy) is 3. The highest BCUT2D eigenvalue weighted by Gasteiger charge is 2.23. The van der Waals surface area contributed by atoms with E-state index in [0.29, 0.717) is 19.6 Å². The van der Waals surface area contributed by atoms with E-state index >= 15 is 0 Å². The van der Waals surface area contributed by atoms with Crippen molar-refractivity contribution in [3.63, 3.8) is 0 Å². The first-order chi connectivity index (χ1) is 14.4. The first kappa shape index (κ1) is 23.4. The molecule has 6 heteroatoms. The topological polar surface area (TPSA) is 73.9 Å². The van der Waals surface area contributed by atoms with Gasteiger partial charge in [-0.2, -0.15) is 0 Å². The highest BCUT2D eigenvalue weighted by Crippen LogP contribution is 2.15. The van der Waals surface area contributed by atoms with Crippen molar-refractivity contribution in [1.82, 2.24) is 5.32 Å². The highest BCUT2D eigenvalue weighted by atomic mass is 16.5. The van der Waals surface area contributed by atoms with Crippen LogP contribution in [0.25, 0.3) is 0 Å². The average Bonchev–Trinajstić information content (AvgIpc) is 2.75. The number of nitrogens with one attached hydrogen (secondary N) is 1. The van der Waals surface area contributed by atoms with Crippen molar-refractivity contribution >= 4 is 11.9 Å². The third kappa shape index (κ3) is 7.52. The molecule has 0 aliphatic heterocycles. The van der Waals surface area contributed by atoms with E-state index in [4.69, 9.17) is 14.2 Å². The molecular formula is C24H31NO5. The SMILES string of the molecule is COCc1ccc(CCOc2ccc(C[C@H](NC(=O)C(C)C)C(=O)OC)cc2)cc1. The number of esters is 1. The van der Waals surface area contributed by atoms with E-state index in [2.05, 4.69) is 29.6 Å². The lowest BCUT2D eigenvalue weighted by Crippen LogP contribution is -2.44. The number of hydrogen-bond donors (Lipinski definition) is 1. The largest absolute Gasteiger partial charge is 0.493 e. The van der Waals surface area contributed by atoms with Crippen LogP contribution >= 0.6 is 0 Å². The number of carbonyl (C=O) groups excluding carboxylic acids is 2. The predicted molar refractivity (Wildman–Crippen MR) is 115 cm³/mol. The Morgan fingerprint density at radius 1 is 0.900 bits per heavy atom. The van der Waals surface area contributed by atoms with Gasteiger partial charge in [-0.3, -0.25) is 4.79 Å². The molecular weight excluding hydrogens is 382 g/mol. The third-order valence-electron chi connectivity index (χ3n) is 4.68. The summed E-state index contributed by atoms with van der Waals surface area (Å²) in [7, 11) is 3.00. The highest BCUT2D eigenvalue weighted by molar-refractivity contribution is 5.85. The van der Waals surface area contributed by atoms with Crippen LogP contribution in [0.5, 0.6) is 5.75 Å². The molecule has 0 saturated carbocycles. The molecule has 1 amide bonds. The molecule has 1 N–H and O–H groups in total. The van der Waals surface area contributed by atoms with Crippen LogP contribution in [0.1, 0.15) is 30.5 Å². The summed E-state index contributed by atoms with van der Waals surface area (Å²) in [5.41, 5.74) is 3.26. The Bertz CT molecular complexity index is 799. The Morgan fingerprint density at radius 2 is 1.50 bits per heavy atom. The monoisotopic (exact) mass is 413 g/mol. The van der Waals surface area contributed by atoms with E-state index in [1.165, 1.54) is 12.7 Å². The molecule has 0 bridgehead atoms. The molecule has 0 aliphatic carbocycles. The maximum Gasteiger partial charge on any atom is 0.328 e. The van der Waals surface area contributed by atoms with Gasteiger partial charge in [0, 0.05) is 25.9 Å². The number of benzene rings is 2. The summed E-state index contributed by atoms with van der Waals surface area (Å²) >= 11 is 0. The van der Waals surface area contributed by atoms with Gasteiger partial charge in [0.1, 0.15) is 11.8 Å². The van der Waals surface area contributed by atoms with E-state index in [0.717, 1.165) is 23.3 Å². The first-order valence-corrected chi connectivity index (χ1v) is 10.1. The zero-order chi connectivity index (χ0) is 21.9. The van der Waals surface area contributed by atoms with E-state index in [1.807, 2.05) is 24.3 Å². The summed E-state index contributed by atoms with van der Waals surface area (Å²) < 4.78 is 15.8. The predicted octanol–water partition coefficient (Wildman–Crippen LogP) is 3.31. The maximum atomic E-state index is 12.0. The quantitative estimate of drug-likeness (QED) is 0.572. The number of methoxy groups -OCH3 is 2. The molecule has 2 aromatic rings. The smallest absolute Gasteiger partial charge is 0.328 e. The Morgan fingerprint density at radius 3 is 2.07 bits per heavy atom. The fraction of sp³-hybridized carbons (Fsp3) is 0.417. The zero-order valence-corrected chi connectivity index (χ0v) is 18.1. The molecule has 0 aromatic heterocycles. The van der Waals surface area contributed by atoms with Gasteiger partial charge in [-0.1, -0.05) is 50.2 Å². The second kappa shape index (κ2) is 12.0. The number of amides is 1. The van der Waals surface area contributed by atoms with E-state index in [1.54, 1.807) is 21.0 Å². The van der Waals surface area contributed by atoms with E-state index in [-0.39, 0.29) is 11.8 Å². The van der Waals surface area contributed by atoms with Crippen LogP contribution in [0.2, 0.25) is 0 Å². The lowest BCUT2D eigenvalue weighted by Gasteiger charge is -2.18. The summed E-state index contributed by atoms with van der Waals surface area (Å²) in [6, 6.07) is 15.1. The Kier molecular flexibility index (Phi) is 9.35. The van der Waals surface area contributed by atoms with Crippen molar-refractivity contribution in [3.05, 3.63) is 65.2 Å². The second-order valence-corrected chi connectivity index (χ2v) is 7.44. The normalized spacial score (nSPS) is 11.8. The minimum Gasteiger partial charge on any atom is -0.493 e. The maximum absolute atomic E-state index is 12.0. The van der Waals surface area contributed by atoms with Crippen LogP contribution in [0.4, 0.5) is 0 Å². The van der Waals surface area contributed by atoms with Crippen LogP contribution in [0, 0.1) is 5.92 Å². The van der Waals surface area contributed by atoms with Crippen LogP contribution in [0.3, 0.4) is 0 Å². The second-order valence-electron chi connectivity index (χ2n) is 7.44. The van der Waals surface area contributed by atoms with Gasteiger partial charge in [-0.25, -0.2) is 4.79 Å². The lowest BCUT2D eigenvalue weighted by molar-refractivity contribution is -0.145. The average molecular weight is 414 g/mol. The fourth-order valence-electron chi connectivity index (χ4n) is 2.89. The Hall–Kier alpha value is -2.86. The molecule has 30 heavy (non-hydrogen) atoms. The molecule has 0 heterocycles. The zero-order valence-electron chi connectivity index (χ0n) is 18.1. The van der Waals surface area contributed by atoms with Gasteiger partial charge in [0.05, 0.1) is 20.3 Å². The van der Waals surface area contributed by atoms with Crippen LogP contribution < -0.4 is 10.1 Å². The van der Waals surface area contributed by atoms with Gasteiger partial charge < -0.3 is 19.5 Å². The fourth-order valence-corrected chi connectivity index (χ4v) is 2.89.